The number of nitrogens with one attached hydrogen (secondary N) is 1. The Morgan fingerprint density at radius 3 is 2.52 bits per heavy atom. The van der Waals surface area contributed by atoms with Gasteiger partial charge in [0.15, 0.2) is 0 Å². The van der Waals surface area contributed by atoms with E-state index >= 15 is 0 Å². The lowest BCUT2D eigenvalue weighted by Crippen LogP contribution is -2.29. The van der Waals surface area contributed by atoms with Crippen LogP contribution in [-0.4, -0.2) is 36.7 Å². The van der Waals surface area contributed by atoms with Crippen molar-refractivity contribution in [3.63, 3.8) is 0 Å². The lowest BCUT2D eigenvalue weighted by Gasteiger charge is -2.21. The molecule has 124 valence electrons. The summed E-state index contributed by atoms with van der Waals surface area (Å²) in [4.78, 5) is 23.0. The van der Waals surface area contributed by atoms with E-state index in [1.807, 2.05) is 0 Å². The molecule has 1 heterocycles. The quantitative estimate of drug-likeness (QED) is 0.842. The summed E-state index contributed by atoms with van der Waals surface area (Å²) in [5.74, 6) is 0.644. The molecule has 1 aliphatic heterocycles. The summed E-state index contributed by atoms with van der Waals surface area (Å²) in [6.45, 7) is 2.27. The number of amides is 1. The van der Waals surface area contributed by atoms with Crippen LogP contribution in [0.25, 0.3) is 0 Å². The third kappa shape index (κ3) is 4.10. The number of rotatable bonds is 6. The maximum Gasteiger partial charge on any atom is 0.335 e. The highest BCUT2D eigenvalue weighted by Crippen LogP contribution is 2.47. The van der Waals surface area contributed by atoms with E-state index in [0.29, 0.717) is 18.4 Å². The van der Waals surface area contributed by atoms with Crippen LogP contribution in [0, 0.1) is 17.8 Å². The normalized spacial score (nSPS) is 24.2. The van der Waals surface area contributed by atoms with Crippen molar-refractivity contribution in [1.82, 2.24) is 5.32 Å². The highest BCUT2D eigenvalue weighted by molar-refractivity contribution is 5.87. The molecular formula is C18H23NO4. The predicted molar refractivity (Wildman–Crippen MR) is 85.3 cm³/mol. The summed E-state index contributed by atoms with van der Waals surface area (Å²) >= 11 is 0. The summed E-state index contributed by atoms with van der Waals surface area (Å²) in [5, 5.41) is 11.9. The van der Waals surface area contributed by atoms with Crippen LogP contribution in [0.3, 0.4) is 0 Å². The van der Waals surface area contributed by atoms with Gasteiger partial charge in [0.2, 0.25) is 5.91 Å². The van der Waals surface area contributed by atoms with Gasteiger partial charge in [-0.1, -0.05) is 12.1 Å². The van der Waals surface area contributed by atoms with Crippen LogP contribution in [0.15, 0.2) is 24.3 Å². The fourth-order valence-corrected chi connectivity index (χ4v) is 3.46. The van der Waals surface area contributed by atoms with Crippen molar-refractivity contribution >= 4 is 11.9 Å². The first kappa shape index (κ1) is 16.0. The number of benzene rings is 1. The number of carbonyl (C=O) groups excluding carboxylic acids is 1. The van der Waals surface area contributed by atoms with Crippen LogP contribution < -0.4 is 5.32 Å². The molecule has 1 amide bonds. The van der Waals surface area contributed by atoms with Gasteiger partial charge in [-0.05, 0) is 55.2 Å². The zero-order valence-electron chi connectivity index (χ0n) is 13.2. The largest absolute Gasteiger partial charge is 0.478 e. The van der Waals surface area contributed by atoms with Gasteiger partial charge in [0.25, 0.3) is 0 Å². The van der Waals surface area contributed by atoms with Gasteiger partial charge in [-0.15, -0.1) is 0 Å². The first-order valence-corrected chi connectivity index (χ1v) is 8.33. The highest BCUT2D eigenvalue weighted by Gasteiger charge is 2.47. The molecule has 2 fully saturated rings. The summed E-state index contributed by atoms with van der Waals surface area (Å²) < 4.78 is 5.37. The van der Waals surface area contributed by atoms with Crippen LogP contribution >= 0.6 is 0 Å². The molecular weight excluding hydrogens is 294 g/mol. The number of carboxylic acid groups (broad SMARTS) is 1. The smallest absolute Gasteiger partial charge is 0.335 e. The molecule has 23 heavy (non-hydrogen) atoms. The topological polar surface area (TPSA) is 75.6 Å². The van der Waals surface area contributed by atoms with E-state index in [9.17, 15) is 9.59 Å². The number of aromatic carboxylic acids is 1. The number of ether oxygens (including phenoxy) is 1. The first-order valence-electron chi connectivity index (χ1n) is 8.33. The van der Waals surface area contributed by atoms with Crippen molar-refractivity contribution in [2.75, 3.05) is 19.8 Å². The Balaban J connectivity index is 1.39. The van der Waals surface area contributed by atoms with Gasteiger partial charge in [-0.25, -0.2) is 4.79 Å². The Hall–Kier alpha value is -1.88. The molecule has 2 atom stereocenters. The Labute approximate surface area is 136 Å². The van der Waals surface area contributed by atoms with E-state index < -0.39 is 5.97 Å². The fraction of sp³-hybridized carbons (Fsp3) is 0.556. The van der Waals surface area contributed by atoms with Crippen molar-refractivity contribution in [2.45, 2.75) is 25.7 Å². The Bertz CT molecular complexity index is 563. The van der Waals surface area contributed by atoms with Gasteiger partial charge in [-0.2, -0.15) is 0 Å². The fourth-order valence-electron chi connectivity index (χ4n) is 3.46. The van der Waals surface area contributed by atoms with Crippen molar-refractivity contribution in [3.8, 4) is 0 Å². The number of carbonyl (C=O) groups is 2. The summed E-state index contributed by atoms with van der Waals surface area (Å²) in [6, 6.07) is 6.80. The Morgan fingerprint density at radius 2 is 1.87 bits per heavy atom. The molecule has 0 bridgehead atoms. The summed E-state index contributed by atoms with van der Waals surface area (Å²) in [5.41, 5.74) is 1.32. The van der Waals surface area contributed by atoms with Crippen LogP contribution in [0.1, 0.15) is 35.2 Å². The maximum absolute atomic E-state index is 12.2. The minimum Gasteiger partial charge on any atom is -0.478 e. The van der Waals surface area contributed by atoms with Gasteiger partial charge in [0.1, 0.15) is 0 Å². The maximum atomic E-state index is 12.2. The van der Waals surface area contributed by atoms with Gasteiger partial charge in [0.05, 0.1) is 5.56 Å². The van der Waals surface area contributed by atoms with E-state index in [0.717, 1.165) is 44.5 Å². The number of carboxylic acids is 1. The van der Waals surface area contributed by atoms with Crippen LogP contribution in [0.2, 0.25) is 0 Å². The lowest BCUT2D eigenvalue weighted by atomic mass is 9.93. The van der Waals surface area contributed by atoms with Gasteiger partial charge < -0.3 is 15.2 Å². The SMILES string of the molecule is O=C(O)c1ccc(CCNC(=O)[C@@H]2C[C@H]2C2CCOCC2)cc1. The minimum atomic E-state index is -0.919. The van der Waals surface area contributed by atoms with E-state index in [1.165, 1.54) is 0 Å². The predicted octanol–water partition coefficient (Wildman–Crippen LogP) is 2.11. The van der Waals surface area contributed by atoms with Crippen molar-refractivity contribution in [1.29, 1.82) is 0 Å². The van der Waals surface area contributed by atoms with E-state index in [2.05, 4.69) is 5.32 Å². The molecule has 1 saturated heterocycles. The van der Waals surface area contributed by atoms with Gasteiger partial charge in [-0.3, -0.25) is 4.79 Å². The van der Waals surface area contributed by atoms with Gasteiger partial charge in [0, 0.05) is 25.7 Å². The molecule has 0 radical (unpaired) electrons. The average Bonchev–Trinajstić information content (AvgIpc) is 3.37. The molecule has 1 aromatic rings. The minimum absolute atomic E-state index is 0.170. The zero-order valence-corrected chi connectivity index (χ0v) is 13.2. The lowest BCUT2D eigenvalue weighted by molar-refractivity contribution is -0.122. The summed E-state index contributed by atoms with van der Waals surface area (Å²) in [7, 11) is 0. The van der Waals surface area contributed by atoms with Crippen LogP contribution in [-0.2, 0) is 16.0 Å². The number of hydrogen-bond acceptors (Lipinski definition) is 3. The standard InChI is InChI=1S/C18H23NO4/c20-17(16-11-15(16)13-6-9-23-10-7-13)19-8-5-12-1-3-14(4-2-12)18(21)22/h1-4,13,15-16H,5-11H2,(H,19,20)(H,21,22)/t15-,16+/m0/s1. The second-order valence-corrected chi connectivity index (χ2v) is 6.50. The third-order valence-corrected chi connectivity index (χ3v) is 4.96. The molecule has 1 saturated carbocycles. The Kier molecular flexibility index (Phi) is 4.96. The summed E-state index contributed by atoms with van der Waals surface area (Å²) in [6.07, 6.45) is 3.92. The van der Waals surface area contributed by atoms with E-state index in [1.54, 1.807) is 24.3 Å². The zero-order chi connectivity index (χ0) is 16.2. The highest BCUT2D eigenvalue weighted by atomic mass is 16.5. The molecule has 1 aliphatic carbocycles. The van der Waals surface area contributed by atoms with Crippen molar-refractivity contribution in [3.05, 3.63) is 35.4 Å². The third-order valence-electron chi connectivity index (χ3n) is 4.96. The molecule has 1 aromatic carbocycles. The molecule has 0 aromatic heterocycles. The van der Waals surface area contributed by atoms with Crippen molar-refractivity contribution < 1.29 is 19.4 Å². The molecule has 5 nitrogen and oxygen atoms in total. The molecule has 3 rings (SSSR count). The van der Waals surface area contributed by atoms with E-state index in [-0.39, 0.29) is 17.4 Å². The molecule has 5 heteroatoms. The Morgan fingerprint density at radius 1 is 1.17 bits per heavy atom. The van der Waals surface area contributed by atoms with E-state index in [4.69, 9.17) is 9.84 Å². The van der Waals surface area contributed by atoms with Crippen molar-refractivity contribution in [2.24, 2.45) is 17.8 Å². The number of hydrogen-bond donors (Lipinski definition) is 2. The monoisotopic (exact) mass is 317 g/mol. The molecule has 2 N–H and O–H groups in total. The van der Waals surface area contributed by atoms with Crippen LogP contribution in [0.4, 0.5) is 0 Å². The molecule has 2 aliphatic rings. The average molecular weight is 317 g/mol. The molecule has 0 spiro atoms. The molecule has 0 unspecified atom stereocenters. The second-order valence-electron chi connectivity index (χ2n) is 6.50. The van der Waals surface area contributed by atoms with Crippen LogP contribution in [0.5, 0.6) is 0 Å². The first-order chi connectivity index (χ1) is 11.1. The second kappa shape index (κ2) is 7.13. The van der Waals surface area contributed by atoms with Gasteiger partial charge >= 0.3 is 5.97 Å².